The van der Waals surface area contributed by atoms with E-state index in [0.29, 0.717) is 23.2 Å². The van der Waals surface area contributed by atoms with E-state index >= 15 is 0 Å². The summed E-state index contributed by atoms with van der Waals surface area (Å²) in [4.78, 5) is 0. The number of nitriles is 1. The lowest BCUT2D eigenvalue weighted by Crippen LogP contribution is -2.04. The molecule has 0 saturated heterocycles. The quantitative estimate of drug-likeness (QED) is 0.325. The molecule has 0 unspecified atom stereocenters. The van der Waals surface area contributed by atoms with Gasteiger partial charge in [-0.2, -0.15) is 18.4 Å². The average Bonchev–Trinajstić information content (AvgIpc) is 3.07. The van der Waals surface area contributed by atoms with Gasteiger partial charge >= 0.3 is 6.18 Å². The van der Waals surface area contributed by atoms with Gasteiger partial charge in [0.05, 0.1) is 17.2 Å². The monoisotopic (exact) mass is 422 g/mol. The van der Waals surface area contributed by atoms with Crippen LogP contribution >= 0.6 is 0 Å². The van der Waals surface area contributed by atoms with Crippen molar-refractivity contribution in [2.24, 2.45) is 0 Å². The number of aromatic nitrogens is 1. The molecule has 31 heavy (non-hydrogen) atoms. The minimum absolute atomic E-state index is 0.330. The zero-order chi connectivity index (χ0) is 22.2. The summed E-state index contributed by atoms with van der Waals surface area (Å²) >= 11 is 0. The van der Waals surface area contributed by atoms with Crippen molar-refractivity contribution in [2.45, 2.75) is 26.3 Å². The molecule has 0 bridgehead atoms. The molecule has 0 saturated carbocycles. The molecule has 0 N–H and O–H groups in total. The zero-order valence-electron chi connectivity index (χ0n) is 16.7. The molecule has 0 spiro atoms. The first-order chi connectivity index (χ1) is 14.8. The van der Waals surface area contributed by atoms with Crippen LogP contribution in [0, 0.1) is 18.3 Å². The topological polar surface area (TPSA) is 28.7 Å². The summed E-state index contributed by atoms with van der Waals surface area (Å²) in [5.74, 6) is 0. The molecule has 0 amide bonds. The first kappa shape index (κ1) is 20.7. The lowest BCUT2D eigenvalue weighted by Gasteiger charge is -2.12. The number of rotatable bonds is 4. The van der Waals surface area contributed by atoms with Crippen molar-refractivity contribution >= 4 is 10.9 Å². The number of fused-ring (bicyclic) bond motifs is 1. The minimum Gasteiger partial charge on any atom is -0.340 e. The summed E-state index contributed by atoms with van der Waals surface area (Å²) < 4.78 is 54.1. The van der Waals surface area contributed by atoms with Crippen molar-refractivity contribution in [1.82, 2.24) is 4.57 Å². The lowest BCUT2D eigenvalue weighted by atomic mass is 10.0. The maximum atomic E-state index is 13.6. The summed E-state index contributed by atoms with van der Waals surface area (Å²) in [5.41, 5.74) is 4.28. The highest BCUT2D eigenvalue weighted by Crippen LogP contribution is 2.32. The molecule has 0 radical (unpaired) electrons. The van der Waals surface area contributed by atoms with Crippen LogP contribution in [0.2, 0.25) is 0 Å². The van der Waals surface area contributed by atoms with Crippen LogP contribution < -0.4 is 0 Å². The predicted molar refractivity (Wildman–Crippen MR) is 112 cm³/mol. The van der Waals surface area contributed by atoms with Crippen LogP contribution in [0.5, 0.6) is 0 Å². The minimum atomic E-state index is -4.36. The molecular formula is C25H18F4N2. The van der Waals surface area contributed by atoms with Gasteiger partial charge in [-0.25, -0.2) is 4.39 Å². The Morgan fingerprint density at radius 3 is 2.32 bits per heavy atom. The van der Waals surface area contributed by atoms with Gasteiger partial charge in [-0.1, -0.05) is 30.3 Å². The Hall–Kier alpha value is -3.59. The van der Waals surface area contributed by atoms with Gasteiger partial charge in [0, 0.05) is 28.7 Å². The number of halogens is 4. The molecule has 4 aromatic rings. The standard InChI is InChI=1S/C25H18F4N2/c1-16-11-22-23(13-26)20(14-30)7-10-24(22)31(16)15-17-3-2-4-19(12-17)18-5-8-21(9-6-18)25(27,28)29/h2-12H,13,15H2,1H3. The van der Waals surface area contributed by atoms with Crippen LogP contribution in [0.1, 0.15) is 27.9 Å². The summed E-state index contributed by atoms with van der Waals surface area (Å²) in [6.45, 7) is 1.72. The number of hydrogen-bond donors (Lipinski definition) is 0. The zero-order valence-corrected chi connectivity index (χ0v) is 16.7. The van der Waals surface area contributed by atoms with E-state index in [1.165, 1.54) is 12.1 Å². The third-order valence-electron chi connectivity index (χ3n) is 5.47. The summed E-state index contributed by atoms with van der Waals surface area (Å²) in [6.07, 6.45) is -4.36. The number of nitrogens with zero attached hydrogens (tertiary/aromatic N) is 2. The van der Waals surface area contributed by atoms with E-state index in [9.17, 15) is 22.8 Å². The summed E-state index contributed by atoms with van der Waals surface area (Å²) in [7, 11) is 0. The highest BCUT2D eigenvalue weighted by molar-refractivity contribution is 5.87. The van der Waals surface area contributed by atoms with E-state index in [-0.39, 0.29) is 0 Å². The Morgan fingerprint density at radius 1 is 0.935 bits per heavy atom. The van der Waals surface area contributed by atoms with Crippen LogP contribution in [0.4, 0.5) is 17.6 Å². The summed E-state index contributed by atoms with van der Waals surface area (Å²) in [6, 6.07) is 20.1. The molecule has 0 fully saturated rings. The van der Waals surface area contributed by atoms with Crippen molar-refractivity contribution < 1.29 is 17.6 Å². The van der Waals surface area contributed by atoms with E-state index in [1.807, 2.05) is 54.0 Å². The van der Waals surface area contributed by atoms with Gasteiger partial charge in [-0.3, -0.25) is 0 Å². The Balaban J connectivity index is 1.69. The molecule has 0 atom stereocenters. The SMILES string of the molecule is Cc1cc2c(CF)c(C#N)ccc2n1Cc1cccc(-c2ccc(C(F)(F)F)cc2)c1. The highest BCUT2D eigenvalue weighted by Gasteiger charge is 2.29. The molecule has 1 aromatic heterocycles. The number of alkyl halides is 4. The number of benzene rings is 3. The molecule has 6 heteroatoms. The van der Waals surface area contributed by atoms with E-state index in [1.54, 1.807) is 6.07 Å². The van der Waals surface area contributed by atoms with Gasteiger partial charge in [0.1, 0.15) is 6.67 Å². The van der Waals surface area contributed by atoms with Gasteiger partial charge in [0.15, 0.2) is 0 Å². The largest absolute Gasteiger partial charge is 0.416 e. The predicted octanol–water partition coefficient (Wildman–Crippen LogP) is 7.03. The molecule has 0 aliphatic rings. The summed E-state index contributed by atoms with van der Waals surface area (Å²) in [5, 5.41) is 9.96. The van der Waals surface area contributed by atoms with Gasteiger partial charge in [-0.05, 0) is 60.0 Å². The Morgan fingerprint density at radius 2 is 1.68 bits per heavy atom. The fourth-order valence-electron chi connectivity index (χ4n) is 3.87. The molecule has 1 heterocycles. The average molecular weight is 422 g/mol. The van der Waals surface area contributed by atoms with Gasteiger partial charge in [0.2, 0.25) is 0 Å². The Labute approximate surface area is 177 Å². The van der Waals surface area contributed by atoms with Crippen LogP contribution in [-0.2, 0) is 19.4 Å². The van der Waals surface area contributed by atoms with E-state index < -0.39 is 18.4 Å². The maximum Gasteiger partial charge on any atom is 0.416 e. The molecule has 0 aliphatic carbocycles. The van der Waals surface area contributed by atoms with Crippen LogP contribution in [0.15, 0.2) is 66.7 Å². The van der Waals surface area contributed by atoms with Crippen molar-refractivity contribution in [3.8, 4) is 17.2 Å². The van der Waals surface area contributed by atoms with Crippen molar-refractivity contribution in [1.29, 1.82) is 5.26 Å². The number of hydrogen-bond acceptors (Lipinski definition) is 1. The lowest BCUT2D eigenvalue weighted by molar-refractivity contribution is -0.137. The normalized spacial score (nSPS) is 11.6. The second-order valence-electron chi connectivity index (χ2n) is 7.42. The van der Waals surface area contributed by atoms with Crippen molar-refractivity contribution in [3.05, 3.63) is 94.7 Å². The Bertz CT molecular complexity index is 1290. The molecule has 3 aromatic carbocycles. The van der Waals surface area contributed by atoms with Crippen molar-refractivity contribution in [2.75, 3.05) is 0 Å². The first-order valence-corrected chi connectivity index (χ1v) is 9.66. The van der Waals surface area contributed by atoms with Crippen LogP contribution in [-0.4, -0.2) is 4.57 Å². The first-order valence-electron chi connectivity index (χ1n) is 9.66. The Kier molecular flexibility index (Phi) is 5.28. The molecular weight excluding hydrogens is 404 g/mol. The molecule has 4 rings (SSSR count). The second kappa shape index (κ2) is 7.92. The molecule has 2 nitrogen and oxygen atoms in total. The van der Waals surface area contributed by atoms with E-state index in [2.05, 4.69) is 0 Å². The van der Waals surface area contributed by atoms with Crippen LogP contribution in [0.25, 0.3) is 22.0 Å². The van der Waals surface area contributed by atoms with E-state index in [0.717, 1.165) is 39.9 Å². The van der Waals surface area contributed by atoms with Gasteiger partial charge in [0.25, 0.3) is 0 Å². The highest BCUT2D eigenvalue weighted by atomic mass is 19.4. The third kappa shape index (κ3) is 3.91. The van der Waals surface area contributed by atoms with E-state index in [4.69, 9.17) is 0 Å². The number of aryl methyl sites for hydroxylation is 1. The fourth-order valence-corrected chi connectivity index (χ4v) is 3.87. The van der Waals surface area contributed by atoms with Crippen molar-refractivity contribution in [3.63, 3.8) is 0 Å². The molecule has 0 aliphatic heterocycles. The van der Waals surface area contributed by atoms with Gasteiger partial charge in [-0.15, -0.1) is 0 Å². The van der Waals surface area contributed by atoms with Crippen LogP contribution in [0.3, 0.4) is 0 Å². The molecule has 156 valence electrons. The fraction of sp³-hybridized carbons (Fsp3) is 0.160. The smallest absolute Gasteiger partial charge is 0.340 e. The van der Waals surface area contributed by atoms with Gasteiger partial charge < -0.3 is 4.57 Å². The maximum absolute atomic E-state index is 13.6. The third-order valence-corrected chi connectivity index (χ3v) is 5.47. The second-order valence-corrected chi connectivity index (χ2v) is 7.42.